The number of hydrogen-bond donors (Lipinski definition) is 2. The van der Waals surface area contributed by atoms with Crippen LogP contribution in [-0.2, 0) is 19.4 Å². The number of hydrogen-bond acceptors (Lipinski definition) is 3. The zero-order valence-electron chi connectivity index (χ0n) is 14.7. The van der Waals surface area contributed by atoms with Gasteiger partial charge < -0.3 is 10.4 Å². The van der Waals surface area contributed by atoms with Crippen molar-refractivity contribution >= 4 is 11.8 Å². The molecular weight excluding hydrogens is 338 g/mol. The summed E-state index contributed by atoms with van der Waals surface area (Å²) in [7, 11) is 0. The average molecular weight is 362 g/mol. The van der Waals surface area contributed by atoms with Gasteiger partial charge in [-0.2, -0.15) is 0 Å². The van der Waals surface area contributed by atoms with Gasteiger partial charge in [-0.1, -0.05) is 66.4 Å². The topological polar surface area (TPSA) is 32.3 Å². The SMILES string of the molecule is OCC1(NCc2ccc(Sc3ccccc3)cc2)Cc2ccccc2C1. The van der Waals surface area contributed by atoms with Gasteiger partial charge in [0.05, 0.1) is 6.61 Å². The van der Waals surface area contributed by atoms with Crippen LogP contribution in [0.1, 0.15) is 16.7 Å². The highest BCUT2D eigenvalue weighted by molar-refractivity contribution is 7.99. The van der Waals surface area contributed by atoms with Crippen molar-refractivity contribution in [2.75, 3.05) is 6.61 Å². The van der Waals surface area contributed by atoms with Crippen molar-refractivity contribution in [3.8, 4) is 0 Å². The molecule has 0 fully saturated rings. The van der Waals surface area contributed by atoms with Gasteiger partial charge in [-0.3, -0.25) is 0 Å². The van der Waals surface area contributed by atoms with Crippen molar-refractivity contribution in [1.29, 1.82) is 0 Å². The summed E-state index contributed by atoms with van der Waals surface area (Å²) in [4.78, 5) is 2.49. The second-order valence-electron chi connectivity index (χ2n) is 6.97. The van der Waals surface area contributed by atoms with Crippen LogP contribution in [-0.4, -0.2) is 17.3 Å². The maximum absolute atomic E-state index is 10.0. The van der Waals surface area contributed by atoms with E-state index < -0.39 is 0 Å². The van der Waals surface area contributed by atoms with E-state index in [1.807, 2.05) is 6.07 Å². The Hall–Kier alpha value is -2.07. The molecule has 0 radical (unpaired) electrons. The van der Waals surface area contributed by atoms with Gasteiger partial charge in [0.1, 0.15) is 0 Å². The molecule has 1 aliphatic carbocycles. The largest absolute Gasteiger partial charge is 0.394 e. The molecule has 0 spiro atoms. The quantitative estimate of drug-likeness (QED) is 0.680. The Labute approximate surface area is 159 Å². The maximum Gasteiger partial charge on any atom is 0.0619 e. The molecule has 0 saturated carbocycles. The lowest BCUT2D eigenvalue weighted by Crippen LogP contribution is -2.49. The van der Waals surface area contributed by atoms with Crippen LogP contribution in [0.3, 0.4) is 0 Å². The molecule has 0 heterocycles. The van der Waals surface area contributed by atoms with Gasteiger partial charge in [0.25, 0.3) is 0 Å². The molecule has 0 atom stereocenters. The minimum absolute atomic E-state index is 0.156. The third kappa shape index (κ3) is 3.85. The summed E-state index contributed by atoms with van der Waals surface area (Å²) < 4.78 is 0. The zero-order chi connectivity index (χ0) is 17.8. The Kier molecular flexibility index (Phi) is 5.11. The van der Waals surface area contributed by atoms with Crippen molar-refractivity contribution in [1.82, 2.24) is 5.32 Å². The fourth-order valence-corrected chi connectivity index (χ4v) is 4.41. The van der Waals surface area contributed by atoms with E-state index in [-0.39, 0.29) is 12.1 Å². The molecule has 3 heteroatoms. The van der Waals surface area contributed by atoms with E-state index in [0.29, 0.717) is 0 Å². The first-order chi connectivity index (χ1) is 12.8. The first-order valence-electron chi connectivity index (χ1n) is 9.01. The van der Waals surface area contributed by atoms with Crippen LogP contribution in [0.5, 0.6) is 0 Å². The molecule has 3 aromatic rings. The highest BCUT2D eigenvalue weighted by atomic mass is 32.2. The standard InChI is InChI=1S/C23H23NOS/c25-17-23(14-19-6-4-5-7-20(19)15-23)24-16-18-10-12-22(13-11-18)26-21-8-2-1-3-9-21/h1-13,24-25H,14-17H2. The smallest absolute Gasteiger partial charge is 0.0619 e. The monoisotopic (exact) mass is 361 g/mol. The molecule has 2 nitrogen and oxygen atoms in total. The average Bonchev–Trinajstić information content (AvgIpc) is 3.08. The first-order valence-corrected chi connectivity index (χ1v) is 9.83. The molecule has 0 bridgehead atoms. The molecule has 0 saturated heterocycles. The third-order valence-electron chi connectivity index (χ3n) is 5.05. The van der Waals surface area contributed by atoms with Crippen LogP contribution in [0.15, 0.2) is 88.7 Å². The summed E-state index contributed by atoms with van der Waals surface area (Å²) in [6.07, 6.45) is 1.78. The summed E-state index contributed by atoms with van der Waals surface area (Å²) >= 11 is 1.77. The van der Waals surface area contributed by atoms with Gasteiger partial charge in [-0.15, -0.1) is 0 Å². The Balaban J connectivity index is 1.39. The Morgan fingerprint density at radius 1 is 0.769 bits per heavy atom. The number of benzene rings is 3. The number of aliphatic hydroxyl groups excluding tert-OH is 1. The van der Waals surface area contributed by atoms with Gasteiger partial charge >= 0.3 is 0 Å². The van der Waals surface area contributed by atoms with Gasteiger partial charge in [0.15, 0.2) is 0 Å². The summed E-state index contributed by atoms with van der Waals surface area (Å²) in [5.41, 5.74) is 3.71. The van der Waals surface area contributed by atoms with Crippen LogP contribution >= 0.6 is 11.8 Å². The Bertz CT molecular complexity index is 836. The molecule has 0 aliphatic heterocycles. The molecule has 0 aromatic heterocycles. The van der Waals surface area contributed by atoms with Crippen molar-refractivity contribution < 1.29 is 5.11 Å². The van der Waals surface area contributed by atoms with Crippen LogP contribution in [0.25, 0.3) is 0 Å². The highest BCUT2D eigenvalue weighted by Gasteiger charge is 2.35. The number of nitrogens with one attached hydrogen (secondary N) is 1. The van der Waals surface area contributed by atoms with Gasteiger partial charge in [-0.25, -0.2) is 0 Å². The van der Waals surface area contributed by atoms with Gasteiger partial charge in [0.2, 0.25) is 0 Å². The molecule has 3 aromatic carbocycles. The fourth-order valence-electron chi connectivity index (χ4n) is 3.58. The molecule has 4 rings (SSSR count). The van der Waals surface area contributed by atoms with Crippen LogP contribution < -0.4 is 5.32 Å². The lowest BCUT2D eigenvalue weighted by Gasteiger charge is -2.28. The van der Waals surface area contributed by atoms with E-state index in [2.05, 4.69) is 78.1 Å². The lowest BCUT2D eigenvalue weighted by molar-refractivity contribution is 0.166. The Morgan fingerprint density at radius 3 is 1.96 bits per heavy atom. The normalized spacial score (nSPS) is 15.0. The Morgan fingerprint density at radius 2 is 1.35 bits per heavy atom. The van der Waals surface area contributed by atoms with E-state index >= 15 is 0 Å². The molecule has 132 valence electrons. The number of fused-ring (bicyclic) bond motifs is 1. The first kappa shape index (κ1) is 17.3. The molecule has 26 heavy (non-hydrogen) atoms. The minimum atomic E-state index is -0.235. The van der Waals surface area contributed by atoms with Crippen molar-refractivity contribution in [3.05, 3.63) is 95.6 Å². The second kappa shape index (κ2) is 7.67. The van der Waals surface area contributed by atoms with Crippen molar-refractivity contribution in [2.24, 2.45) is 0 Å². The number of rotatable bonds is 6. The zero-order valence-corrected chi connectivity index (χ0v) is 15.5. The molecule has 2 N–H and O–H groups in total. The number of aliphatic hydroxyl groups is 1. The predicted molar refractivity (Wildman–Crippen MR) is 108 cm³/mol. The molecule has 0 unspecified atom stereocenters. The summed E-state index contributed by atoms with van der Waals surface area (Å²) in [6, 6.07) is 27.6. The summed E-state index contributed by atoms with van der Waals surface area (Å²) in [5, 5.41) is 13.6. The second-order valence-corrected chi connectivity index (χ2v) is 8.12. The molecule has 0 amide bonds. The lowest BCUT2D eigenvalue weighted by atomic mass is 9.96. The molecule has 1 aliphatic rings. The van der Waals surface area contributed by atoms with Gasteiger partial charge in [0, 0.05) is 21.9 Å². The van der Waals surface area contributed by atoms with Crippen molar-refractivity contribution in [3.63, 3.8) is 0 Å². The highest BCUT2D eigenvalue weighted by Crippen LogP contribution is 2.31. The van der Waals surface area contributed by atoms with E-state index in [0.717, 1.165) is 19.4 Å². The fraction of sp³-hybridized carbons (Fsp3) is 0.217. The van der Waals surface area contributed by atoms with Gasteiger partial charge in [-0.05, 0) is 53.8 Å². The summed E-state index contributed by atoms with van der Waals surface area (Å²) in [5.74, 6) is 0. The van der Waals surface area contributed by atoms with Crippen LogP contribution in [0.4, 0.5) is 0 Å². The van der Waals surface area contributed by atoms with Crippen molar-refractivity contribution in [2.45, 2.75) is 34.7 Å². The maximum atomic E-state index is 10.0. The van der Waals surface area contributed by atoms with E-state index in [4.69, 9.17) is 0 Å². The third-order valence-corrected chi connectivity index (χ3v) is 6.06. The summed E-state index contributed by atoms with van der Waals surface area (Å²) in [6.45, 7) is 0.925. The van der Waals surface area contributed by atoms with E-state index in [1.165, 1.54) is 26.5 Å². The van der Waals surface area contributed by atoms with Crippen LogP contribution in [0.2, 0.25) is 0 Å². The van der Waals surface area contributed by atoms with E-state index in [9.17, 15) is 5.11 Å². The predicted octanol–water partition coefficient (Wildman–Crippen LogP) is 4.46. The van der Waals surface area contributed by atoms with E-state index in [1.54, 1.807) is 11.8 Å². The van der Waals surface area contributed by atoms with Crippen LogP contribution in [0, 0.1) is 0 Å². The molecular formula is C23H23NOS. The minimum Gasteiger partial charge on any atom is -0.394 e.